The molecule has 0 saturated heterocycles. The quantitative estimate of drug-likeness (QED) is 0.171. The summed E-state index contributed by atoms with van der Waals surface area (Å²) in [7, 11) is 0. The summed E-state index contributed by atoms with van der Waals surface area (Å²) < 4.78 is 9.48. The Balaban J connectivity index is 1.05. The van der Waals surface area contributed by atoms with Crippen LogP contribution in [0.1, 0.15) is 0 Å². The van der Waals surface area contributed by atoms with Crippen LogP contribution in [0, 0.1) is 0 Å². The lowest BCUT2D eigenvalue weighted by Gasteiger charge is -2.12. The lowest BCUT2D eigenvalue weighted by Crippen LogP contribution is -2.01. The predicted molar refractivity (Wildman–Crippen MR) is 233 cm³/mol. The van der Waals surface area contributed by atoms with Crippen molar-refractivity contribution in [2.45, 2.75) is 0 Å². The SMILES string of the molecule is c1ccc(-c2nc(-c3ccccc3)nc(-c3ccccc3-c3ccc4c(c3)oc3c(-c5ccccc5-c5cccc6c5sc5ccccc56)cccc34)n2)cc1. The second kappa shape index (κ2) is 13.3. The molecule has 0 radical (unpaired) electrons. The van der Waals surface area contributed by atoms with Gasteiger partial charge in [-0.05, 0) is 40.5 Å². The summed E-state index contributed by atoms with van der Waals surface area (Å²) in [6.07, 6.45) is 0. The molecule has 0 saturated carbocycles. The van der Waals surface area contributed by atoms with E-state index < -0.39 is 0 Å². The molecule has 5 heteroatoms. The standard InChI is InChI=1S/C51H31N3OS/c1-3-15-32(16-4-1)49-52-50(33-17-5-2-6-18-33)54-51(53-49)44-23-10-7-19-35(44)34-29-30-38-41-25-13-24-40(47(41)55-45(38)31-34)36-20-8-9-21-37(36)42-26-14-27-43-39-22-11-12-28-46(39)56-48(42)43/h1-31H. The molecule has 0 atom stereocenters. The van der Waals surface area contributed by atoms with E-state index in [1.165, 1.54) is 31.3 Å². The molecule has 4 nitrogen and oxygen atoms in total. The highest BCUT2D eigenvalue weighted by Gasteiger charge is 2.20. The highest BCUT2D eigenvalue weighted by atomic mass is 32.1. The molecule has 11 rings (SSSR count). The number of fused-ring (bicyclic) bond motifs is 6. The Bertz CT molecular complexity index is 3200. The van der Waals surface area contributed by atoms with Crippen LogP contribution in [0.3, 0.4) is 0 Å². The molecular formula is C51H31N3OS. The first-order valence-corrected chi connectivity index (χ1v) is 19.5. The van der Waals surface area contributed by atoms with Crippen LogP contribution in [-0.2, 0) is 0 Å². The minimum atomic E-state index is 0.616. The van der Waals surface area contributed by atoms with Crippen molar-refractivity contribution in [2.75, 3.05) is 0 Å². The Hall–Kier alpha value is -7.21. The van der Waals surface area contributed by atoms with Crippen LogP contribution >= 0.6 is 11.3 Å². The van der Waals surface area contributed by atoms with Crippen molar-refractivity contribution < 1.29 is 4.42 Å². The Morgan fingerprint density at radius 1 is 0.339 bits per heavy atom. The van der Waals surface area contributed by atoms with Crippen LogP contribution in [0.5, 0.6) is 0 Å². The minimum Gasteiger partial charge on any atom is -0.455 e. The van der Waals surface area contributed by atoms with E-state index in [-0.39, 0.29) is 0 Å². The van der Waals surface area contributed by atoms with Gasteiger partial charge in [0.05, 0.1) is 0 Å². The Morgan fingerprint density at radius 3 is 1.61 bits per heavy atom. The molecule has 0 amide bonds. The maximum Gasteiger partial charge on any atom is 0.164 e. The molecule has 8 aromatic carbocycles. The van der Waals surface area contributed by atoms with Crippen molar-refractivity contribution in [3.8, 4) is 67.5 Å². The second-order valence-electron chi connectivity index (χ2n) is 13.9. The van der Waals surface area contributed by atoms with Crippen molar-refractivity contribution in [2.24, 2.45) is 0 Å². The summed E-state index contributed by atoms with van der Waals surface area (Å²) in [6.45, 7) is 0. The summed E-state index contributed by atoms with van der Waals surface area (Å²) >= 11 is 1.86. The first-order valence-electron chi connectivity index (χ1n) is 18.7. The van der Waals surface area contributed by atoms with Crippen molar-refractivity contribution in [3.05, 3.63) is 188 Å². The fourth-order valence-corrected chi connectivity index (χ4v) is 9.18. The van der Waals surface area contributed by atoms with Gasteiger partial charge in [-0.1, -0.05) is 170 Å². The fraction of sp³-hybridized carbons (Fsp3) is 0. The monoisotopic (exact) mass is 733 g/mol. The van der Waals surface area contributed by atoms with Gasteiger partial charge < -0.3 is 4.42 Å². The maximum absolute atomic E-state index is 6.89. The number of hydrogen-bond donors (Lipinski definition) is 0. The predicted octanol–water partition coefficient (Wildman–Crippen LogP) is 14.1. The van der Waals surface area contributed by atoms with E-state index in [4.69, 9.17) is 19.4 Å². The summed E-state index contributed by atoms with van der Waals surface area (Å²) in [5.41, 5.74) is 11.2. The lowest BCUT2D eigenvalue weighted by atomic mass is 9.92. The third-order valence-electron chi connectivity index (χ3n) is 10.6. The van der Waals surface area contributed by atoms with Crippen LogP contribution in [-0.4, -0.2) is 15.0 Å². The zero-order valence-electron chi connectivity index (χ0n) is 30.1. The summed E-state index contributed by atoms with van der Waals surface area (Å²) in [6, 6.07) is 65.5. The zero-order chi connectivity index (χ0) is 37.0. The third kappa shape index (κ3) is 5.40. The van der Waals surface area contributed by atoms with Gasteiger partial charge in [0.15, 0.2) is 17.5 Å². The number of para-hydroxylation sites is 1. The Morgan fingerprint density at radius 2 is 0.875 bits per heavy atom. The lowest BCUT2D eigenvalue weighted by molar-refractivity contribution is 0.670. The molecule has 0 aliphatic carbocycles. The van der Waals surface area contributed by atoms with E-state index in [2.05, 4.69) is 121 Å². The van der Waals surface area contributed by atoms with Gasteiger partial charge in [0, 0.05) is 58.8 Å². The minimum absolute atomic E-state index is 0.616. The van der Waals surface area contributed by atoms with Crippen molar-refractivity contribution in [1.29, 1.82) is 0 Å². The smallest absolute Gasteiger partial charge is 0.164 e. The van der Waals surface area contributed by atoms with Gasteiger partial charge in [-0.3, -0.25) is 0 Å². The molecule has 11 aromatic rings. The summed E-state index contributed by atoms with van der Waals surface area (Å²) in [5, 5.41) is 4.75. The van der Waals surface area contributed by atoms with Gasteiger partial charge in [-0.25, -0.2) is 15.0 Å². The van der Waals surface area contributed by atoms with Crippen LogP contribution in [0.2, 0.25) is 0 Å². The molecule has 262 valence electrons. The molecule has 3 heterocycles. The second-order valence-corrected chi connectivity index (χ2v) is 15.0. The fourth-order valence-electron chi connectivity index (χ4n) is 7.95. The van der Waals surface area contributed by atoms with Crippen molar-refractivity contribution in [3.63, 3.8) is 0 Å². The number of hydrogen-bond acceptors (Lipinski definition) is 5. The average Bonchev–Trinajstić information content (AvgIpc) is 3.85. The van der Waals surface area contributed by atoms with Crippen molar-refractivity contribution in [1.82, 2.24) is 15.0 Å². The topological polar surface area (TPSA) is 51.8 Å². The molecule has 3 aromatic heterocycles. The van der Waals surface area contributed by atoms with Gasteiger partial charge in [0.2, 0.25) is 0 Å². The van der Waals surface area contributed by atoms with E-state index in [1.54, 1.807) is 0 Å². The first-order chi connectivity index (χ1) is 27.8. The third-order valence-corrected chi connectivity index (χ3v) is 11.8. The molecule has 0 bridgehead atoms. The van der Waals surface area contributed by atoms with E-state index in [0.29, 0.717) is 17.5 Å². The van der Waals surface area contributed by atoms with Crippen LogP contribution in [0.4, 0.5) is 0 Å². The molecule has 0 unspecified atom stereocenters. The largest absolute Gasteiger partial charge is 0.455 e. The van der Waals surface area contributed by atoms with Gasteiger partial charge >= 0.3 is 0 Å². The Labute approximate surface area is 327 Å². The average molecular weight is 734 g/mol. The number of aromatic nitrogens is 3. The number of rotatable bonds is 6. The number of benzene rings is 8. The van der Waals surface area contributed by atoms with Crippen LogP contribution < -0.4 is 0 Å². The highest BCUT2D eigenvalue weighted by Crippen LogP contribution is 2.45. The van der Waals surface area contributed by atoms with Crippen LogP contribution in [0.15, 0.2) is 192 Å². The van der Waals surface area contributed by atoms with E-state index in [0.717, 1.165) is 60.9 Å². The number of thiophene rings is 1. The highest BCUT2D eigenvalue weighted by molar-refractivity contribution is 7.26. The van der Waals surface area contributed by atoms with E-state index in [1.807, 2.05) is 78.1 Å². The van der Waals surface area contributed by atoms with Crippen LogP contribution in [0.25, 0.3) is 110 Å². The number of nitrogens with zero attached hydrogens (tertiary/aromatic N) is 3. The maximum atomic E-state index is 6.89. The summed E-state index contributed by atoms with van der Waals surface area (Å²) in [4.78, 5) is 15.0. The molecule has 56 heavy (non-hydrogen) atoms. The molecule has 0 aliphatic heterocycles. The molecular weight excluding hydrogens is 703 g/mol. The molecule has 0 N–H and O–H groups in total. The molecule has 0 aliphatic rings. The van der Waals surface area contributed by atoms with Gasteiger partial charge in [-0.2, -0.15) is 0 Å². The van der Waals surface area contributed by atoms with Crippen molar-refractivity contribution >= 4 is 53.4 Å². The van der Waals surface area contributed by atoms with Gasteiger partial charge in [0.25, 0.3) is 0 Å². The zero-order valence-corrected chi connectivity index (χ0v) is 30.9. The van der Waals surface area contributed by atoms with Gasteiger partial charge in [0.1, 0.15) is 11.2 Å². The number of furan rings is 1. The summed E-state index contributed by atoms with van der Waals surface area (Å²) in [5.74, 6) is 1.88. The molecule has 0 fully saturated rings. The first kappa shape index (κ1) is 32.2. The normalized spacial score (nSPS) is 11.6. The van der Waals surface area contributed by atoms with E-state index in [9.17, 15) is 0 Å². The Kier molecular flexibility index (Phi) is 7.64. The molecule has 0 spiro atoms. The van der Waals surface area contributed by atoms with Gasteiger partial charge in [-0.15, -0.1) is 11.3 Å². The van der Waals surface area contributed by atoms with E-state index >= 15 is 0 Å².